The third-order valence-electron chi connectivity index (χ3n) is 2.55. The number of hydrogen-bond acceptors (Lipinski definition) is 3. The summed E-state index contributed by atoms with van der Waals surface area (Å²) in [6.45, 7) is 0.197. The van der Waals surface area contributed by atoms with Gasteiger partial charge in [0.15, 0.2) is 0 Å². The van der Waals surface area contributed by atoms with Gasteiger partial charge in [-0.1, -0.05) is 45.7 Å². The predicted molar refractivity (Wildman–Crippen MR) is 79.1 cm³/mol. The van der Waals surface area contributed by atoms with Crippen LogP contribution in [0.5, 0.6) is 0 Å². The normalized spacial score (nSPS) is 10.2. The third kappa shape index (κ3) is 3.49. The van der Waals surface area contributed by atoms with Crippen molar-refractivity contribution in [3.63, 3.8) is 0 Å². The molecule has 98 valence electrons. The molecular weight excluding hydrogens is 330 g/mol. The minimum absolute atomic E-state index is 0.197. The maximum Gasteiger partial charge on any atom is 0.338 e. The van der Waals surface area contributed by atoms with E-state index < -0.39 is 5.97 Å². The molecule has 3 nitrogen and oxygen atoms in total. The SMILES string of the molecule is Nc1cc(C(=O)OCc2ccccc2Br)ccc1Cl. The molecule has 19 heavy (non-hydrogen) atoms. The van der Waals surface area contributed by atoms with Gasteiger partial charge in [0.2, 0.25) is 0 Å². The Morgan fingerprint density at radius 1 is 1.26 bits per heavy atom. The zero-order chi connectivity index (χ0) is 13.8. The molecule has 0 aromatic heterocycles. The molecule has 0 bridgehead atoms. The molecule has 0 saturated carbocycles. The smallest absolute Gasteiger partial charge is 0.338 e. The minimum atomic E-state index is -0.431. The number of rotatable bonds is 3. The summed E-state index contributed by atoms with van der Waals surface area (Å²) < 4.78 is 6.12. The van der Waals surface area contributed by atoms with Crippen LogP contribution in [0, 0.1) is 0 Å². The highest BCUT2D eigenvalue weighted by molar-refractivity contribution is 9.10. The molecule has 0 aliphatic rings. The summed E-state index contributed by atoms with van der Waals surface area (Å²) in [5.74, 6) is -0.431. The Kier molecular flexibility index (Phi) is 4.45. The Labute approximate surface area is 124 Å². The fourth-order valence-electron chi connectivity index (χ4n) is 1.51. The lowest BCUT2D eigenvalue weighted by Crippen LogP contribution is -2.06. The van der Waals surface area contributed by atoms with E-state index in [4.69, 9.17) is 22.1 Å². The van der Waals surface area contributed by atoms with Crippen molar-refractivity contribution in [3.8, 4) is 0 Å². The van der Waals surface area contributed by atoms with Crippen molar-refractivity contribution in [2.24, 2.45) is 0 Å². The Hall–Kier alpha value is -1.52. The van der Waals surface area contributed by atoms with Crippen molar-refractivity contribution in [1.29, 1.82) is 0 Å². The quantitative estimate of drug-likeness (QED) is 0.677. The number of carbonyl (C=O) groups is 1. The lowest BCUT2D eigenvalue weighted by atomic mass is 10.2. The van der Waals surface area contributed by atoms with E-state index >= 15 is 0 Å². The molecule has 2 aromatic rings. The molecule has 0 aliphatic heterocycles. The highest BCUT2D eigenvalue weighted by Crippen LogP contribution is 2.21. The van der Waals surface area contributed by atoms with Gasteiger partial charge < -0.3 is 10.5 Å². The van der Waals surface area contributed by atoms with E-state index in [1.165, 1.54) is 6.07 Å². The molecule has 2 N–H and O–H groups in total. The first kappa shape index (κ1) is 13.9. The van der Waals surface area contributed by atoms with E-state index in [1.54, 1.807) is 12.1 Å². The molecular formula is C14H11BrClNO2. The largest absolute Gasteiger partial charge is 0.457 e. The summed E-state index contributed by atoms with van der Waals surface area (Å²) in [7, 11) is 0. The van der Waals surface area contributed by atoms with Crippen molar-refractivity contribution in [1.82, 2.24) is 0 Å². The second kappa shape index (κ2) is 6.08. The van der Waals surface area contributed by atoms with E-state index in [0.717, 1.165) is 10.0 Å². The summed E-state index contributed by atoms with van der Waals surface area (Å²) in [6.07, 6.45) is 0. The van der Waals surface area contributed by atoms with Crippen LogP contribution in [0.25, 0.3) is 0 Å². The van der Waals surface area contributed by atoms with Gasteiger partial charge in [-0.25, -0.2) is 4.79 Å². The average molecular weight is 341 g/mol. The summed E-state index contributed by atoms with van der Waals surface area (Å²) in [6, 6.07) is 12.2. The molecule has 0 heterocycles. The van der Waals surface area contributed by atoms with E-state index in [1.807, 2.05) is 24.3 Å². The lowest BCUT2D eigenvalue weighted by molar-refractivity contribution is 0.0472. The lowest BCUT2D eigenvalue weighted by Gasteiger charge is -2.07. The summed E-state index contributed by atoms with van der Waals surface area (Å²) in [5, 5.41) is 0.419. The monoisotopic (exact) mass is 339 g/mol. The van der Waals surface area contributed by atoms with Gasteiger partial charge in [0, 0.05) is 10.0 Å². The zero-order valence-corrected chi connectivity index (χ0v) is 12.2. The van der Waals surface area contributed by atoms with Gasteiger partial charge in [-0.3, -0.25) is 0 Å². The van der Waals surface area contributed by atoms with Crippen LogP contribution >= 0.6 is 27.5 Å². The highest BCUT2D eigenvalue weighted by atomic mass is 79.9. The van der Waals surface area contributed by atoms with Crippen LogP contribution in [0.15, 0.2) is 46.9 Å². The van der Waals surface area contributed by atoms with Crippen LogP contribution in [0.1, 0.15) is 15.9 Å². The number of halogens is 2. The van der Waals surface area contributed by atoms with E-state index in [0.29, 0.717) is 16.3 Å². The van der Waals surface area contributed by atoms with Crippen molar-refractivity contribution >= 4 is 39.2 Å². The number of hydrogen-bond donors (Lipinski definition) is 1. The van der Waals surface area contributed by atoms with Gasteiger partial charge in [-0.15, -0.1) is 0 Å². The van der Waals surface area contributed by atoms with Gasteiger partial charge >= 0.3 is 5.97 Å². The molecule has 5 heteroatoms. The molecule has 0 unspecified atom stereocenters. The van der Waals surface area contributed by atoms with Crippen molar-refractivity contribution in [3.05, 3.63) is 63.1 Å². The highest BCUT2D eigenvalue weighted by Gasteiger charge is 2.10. The van der Waals surface area contributed by atoms with Gasteiger partial charge in [0.05, 0.1) is 16.3 Å². The molecule has 0 spiro atoms. The molecule has 2 aromatic carbocycles. The van der Waals surface area contributed by atoms with Gasteiger partial charge in [-0.2, -0.15) is 0 Å². The Morgan fingerprint density at radius 2 is 2.00 bits per heavy atom. The second-order valence-corrected chi connectivity index (χ2v) is 5.17. The fourth-order valence-corrected chi connectivity index (χ4v) is 2.03. The van der Waals surface area contributed by atoms with Gasteiger partial charge in [-0.05, 0) is 24.3 Å². The van der Waals surface area contributed by atoms with Gasteiger partial charge in [0.1, 0.15) is 6.61 Å². The topological polar surface area (TPSA) is 52.3 Å². The Bertz CT molecular complexity index is 616. The third-order valence-corrected chi connectivity index (χ3v) is 3.67. The number of ether oxygens (including phenoxy) is 1. The standard InChI is InChI=1S/C14H11BrClNO2/c15-11-4-2-1-3-10(11)8-19-14(18)9-5-6-12(16)13(17)7-9/h1-7H,8,17H2. The first-order valence-electron chi connectivity index (χ1n) is 5.53. The fraction of sp³-hybridized carbons (Fsp3) is 0.0714. The van der Waals surface area contributed by atoms with Crippen molar-refractivity contribution in [2.75, 3.05) is 5.73 Å². The first-order chi connectivity index (χ1) is 9.08. The van der Waals surface area contributed by atoms with Crippen LogP contribution in [0.4, 0.5) is 5.69 Å². The van der Waals surface area contributed by atoms with Crippen LogP contribution in [0.3, 0.4) is 0 Å². The zero-order valence-electron chi connectivity index (χ0n) is 9.90. The van der Waals surface area contributed by atoms with E-state index in [9.17, 15) is 4.79 Å². The summed E-state index contributed by atoms with van der Waals surface area (Å²) >= 11 is 9.19. The number of nitrogens with two attached hydrogens (primary N) is 1. The molecule has 2 rings (SSSR count). The second-order valence-electron chi connectivity index (χ2n) is 3.90. The molecule has 0 fully saturated rings. The first-order valence-corrected chi connectivity index (χ1v) is 6.70. The van der Waals surface area contributed by atoms with Crippen molar-refractivity contribution in [2.45, 2.75) is 6.61 Å². The summed E-state index contributed by atoms with van der Waals surface area (Å²) in [5.41, 5.74) is 7.28. The Morgan fingerprint density at radius 3 is 2.68 bits per heavy atom. The van der Waals surface area contributed by atoms with Crippen molar-refractivity contribution < 1.29 is 9.53 Å². The molecule has 0 saturated heterocycles. The maximum absolute atomic E-state index is 11.9. The average Bonchev–Trinajstić information content (AvgIpc) is 2.40. The van der Waals surface area contributed by atoms with Crippen LogP contribution in [0.2, 0.25) is 5.02 Å². The molecule has 0 radical (unpaired) electrons. The predicted octanol–water partition coefficient (Wildman–Crippen LogP) is 4.04. The molecule has 0 amide bonds. The summed E-state index contributed by atoms with van der Waals surface area (Å²) in [4.78, 5) is 11.9. The van der Waals surface area contributed by atoms with E-state index in [-0.39, 0.29) is 6.61 Å². The van der Waals surface area contributed by atoms with Gasteiger partial charge in [0.25, 0.3) is 0 Å². The number of esters is 1. The molecule has 0 aliphatic carbocycles. The van der Waals surface area contributed by atoms with Crippen LogP contribution < -0.4 is 5.73 Å². The van der Waals surface area contributed by atoms with Crippen LogP contribution in [-0.4, -0.2) is 5.97 Å². The number of carbonyl (C=O) groups excluding carboxylic acids is 1. The van der Waals surface area contributed by atoms with E-state index in [2.05, 4.69) is 15.9 Å². The number of anilines is 1. The number of benzene rings is 2. The Balaban J connectivity index is 2.05. The van der Waals surface area contributed by atoms with Crippen LogP contribution in [-0.2, 0) is 11.3 Å². The molecule has 0 atom stereocenters. The minimum Gasteiger partial charge on any atom is -0.457 e. The number of nitrogen functional groups attached to an aromatic ring is 1. The maximum atomic E-state index is 11.9.